The second-order valence-electron chi connectivity index (χ2n) is 5.02. The van der Waals surface area contributed by atoms with Crippen molar-refractivity contribution in [2.75, 3.05) is 14.2 Å². The highest BCUT2D eigenvalue weighted by molar-refractivity contribution is 7.17. The predicted octanol–water partition coefficient (Wildman–Crippen LogP) is 3.92. The molecule has 0 amide bonds. The van der Waals surface area contributed by atoms with Crippen molar-refractivity contribution in [3.63, 3.8) is 0 Å². The quantitative estimate of drug-likeness (QED) is 0.792. The largest absolute Gasteiger partial charge is 0.497 e. The van der Waals surface area contributed by atoms with Crippen LogP contribution in [-0.4, -0.2) is 19.1 Å². The highest BCUT2D eigenvalue weighted by atomic mass is 32.1. The van der Waals surface area contributed by atoms with Crippen LogP contribution in [0.3, 0.4) is 0 Å². The van der Waals surface area contributed by atoms with Crippen molar-refractivity contribution in [1.82, 2.24) is 10.3 Å². The van der Waals surface area contributed by atoms with Crippen molar-refractivity contribution in [2.24, 2.45) is 0 Å². The Balaban J connectivity index is 2.04. The zero-order chi connectivity index (χ0) is 14.8. The lowest BCUT2D eigenvalue weighted by Gasteiger charge is -2.19. The van der Waals surface area contributed by atoms with Crippen LogP contribution in [0.25, 0.3) is 10.2 Å². The number of thiophene rings is 1. The van der Waals surface area contributed by atoms with E-state index in [0.717, 1.165) is 11.3 Å². The molecule has 4 heteroatoms. The van der Waals surface area contributed by atoms with E-state index in [2.05, 4.69) is 46.9 Å². The fourth-order valence-electron chi connectivity index (χ4n) is 2.62. The van der Waals surface area contributed by atoms with Gasteiger partial charge in [-0.1, -0.05) is 6.07 Å². The molecule has 3 rings (SSSR count). The summed E-state index contributed by atoms with van der Waals surface area (Å²) in [7, 11) is 3.67. The number of benzene rings is 1. The molecular weight excluding hydrogens is 280 g/mol. The van der Waals surface area contributed by atoms with Gasteiger partial charge in [-0.15, -0.1) is 11.3 Å². The Labute approximate surface area is 128 Å². The molecule has 3 aromatic rings. The van der Waals surface area contributed by atoms with Gasteiger partial charge in [-0.25, -0.2) is 0 Å². The van der Waals surface area contributed by atoms with Gasteiger partial charge in [0.25, 0.3) is 0 Å². The standard InChI is InChI=1S/C17H18N2OS/c1-11-8-13(20-3)4-5-14(11)17(18-2)12-9-16-15(19-10-12)6-7-21-16/h4-10,17-18H,1-3H3. The molecule has 2 heterocycles. The molecule has 0 bridgehead atoms. The summed E-state index contributed by atoms with van der Waals surface area (Å²) in [5, 5.41) is 5.47. The molecule has 0 aliphatic rings. The molecule has 108 valence electrons. The second kappa shape index (κ2) is 5.84. The lowest BCUT2D eigenvalue weighted by atomic mass is 9.96. The van der Waals surface area contributed by atoms with Gasteiger partial charge in [0.15, 0.2) is 0 Å². The third-order valence-corrected chi connectivity index (χ3v) is 4.59. The second-order valence-corrected chi connectivity index (χ2v) is 5.96. The maximum Gasteiger partial charge on any atom is 0.119 e. The fraction of sp³-hybridized carbons (Fsp3) is 0.235. The number of hydrogen-bond acceptors (Lipinski definition) is 4. The van der Waals surface area contributed by atoms with E-state index in [4.69, 9.17) is 4.74 Å². The van der Waals surface area contributed by atoms with E-state index >= 15 is 0 Å². The number of aromatic nitrogens is 1. The van der Waals surface area contributed by atoms with E-state index in [1.54, 1.807) is 18.4 Å². The van der Waals surface area contributed by atoms with Crippen LogP contribution >= 0.6 is 11.3 Å². The van der Waals surface area contributed by atoms with Crippen LogP contribution in [-0.2, 0) is 0 Å². The lowest BCUT2D eigenvalue weighted by Crippen LogP contribution is -2.18. The SMILES string of the molecule is CNC(c1cnc2ccsc2c1)c1ccc(OC)cc1C. The Bertz CT molecular complexity index is 766. The van der Waals surface area contributed by atoms with Crippen LogP contribution in [0.2, 0.25) is 0 Å². The van der Waals surface area contributed by atoms with E-state index in [1.165, 1.54) is 21.4 Å². The monoisotopic (exact) mass is 298 g/mol. The van der Waals surface area contributed by atoms with E-state index in [1.807, 2.05) is 19.3 Å². The van der Waals surface area contributed by atoms with E-state index in [0.29, 0.717) is 0 Å². The maximum absolute atomic E-state index is 5.29. The van der Waals surface area contributed by atoms with Crippen molar-refractivity contribution < 1.29 is 4.74 Å². The number of pyridine rings is 1. The molecule has 0 spiro atoms. The van der Waals surface area contributed by atoms with Crippen molar-refractivity contribution in [3.05, 3.63) is 58.6 Å². The number of fused-ring (bicyclic) bond motifs is 1. The number of aryl methyl sites for hydroxylation is 1. The molecule has 0 aliphatic heterocycles. The number of hydrogen-bond donors (Lipinski definition) is 1. The Morgan fingerprint density at radius 2 is 2.10 bits per heavy atom. The van der Waals surface area contributed by atoms with Crippen LogP contribution < -0.4 is 10.1 Å². The van der Waals surface area contributed by atoms with Crippen molar-refractivity contribution in [2.45, 2.75) is 13.0 Å². The summed E-state index contributed by atoms with van der Waals surface area (Å²) in [6.45, 7) is 2.11. The first-order chi connectivity index (χ1) is 10.2. The van der Waals surface area contributed by atoms with Crippen LogP contribution in [0.4, 0.5) is 0 Å². The Hall–Kier alpha value is -1.91. The smallest absolute Gasteiger partial charge is 0.119 e. The lowest BCUT2D eigenvalue weighted by molar-refractivity contribution is 0.414. The van der Waals surface area contributed by atoms with Crippen LogP contribution in [0.15, 0.2) is 41.9 Å². The molecule has 0 saturated heterocycles. The minimum atomic E-state index is 0.134. The third-order valence-electron chi connectivity index (χ3n) is 3.73. The van der Waals surface area contributed by atoms with E-state index in [-0.39, 0.29) is 6.04 Å². The summed E-state index contributed by atoms with van der Waals surface area (Å²) in [6.07, 6.45) is 1.96. The zero-order valence-corrected chi connectivity index (χ0v) is 13.2. The first-order valence-corrected chi connectivity index (χ1v) is 7.76. The average molecular weight is 298 g/mol. The summed E-state index contributed by atoms with van der Waals surface area (Å²) >= 11 is 1.72. The first-order valence-electron chi connectivity index (χ1n) is 6.88. The molecule has 0 saturated carbocycles. The van der Waals surface area contributed by atoms with Gasteiger partial charge in [0.2, 0.25) is 0 Å². The van der Waals surface area contributed by atoms with Crippen LogP contribution in [0.5, 0.6) is 5.75 Å². The van der Waals surface area contributed by atoms with Gasteiger partial charge in [-0.3, -0.25) is 4.98 Å². The number of ether oxygens (including phenoxy) is 1. The first kappa shape index (κ1) is 14.0. The van der Waals surface area contributed by atoms with Gasteiger partial charge in [0.1, 0.15) is 5.75 Å². The Kier molecular flexibility index (Phi) is 3.90. The summed E-state index contributed by atoms with van der Waals surface area (Å²) in [5.74, 6) is 0.887. The van der Waals surface area contributed by atoms with Crippen molar-refractivity contribution in [1.29, 1.82) is 0 Å². The molecule has 2 aromatic heterocycles. The maximum atomic E-state index is 5.29. The minimum absolute atomic E-state index is 0.134. The van der Waals surface area contributed by atoms with Gasteiger partial charge < -0.3 is 10.1 Å². The van der Waals surface area contributed by atoms with Crippen LogP contribution in [0, 0.1) is 6.92 Å². The molecular formula is C17H18N2OS. The molecule has 1 aromatic carbocycles. The molecule has 21 heavy (non-hydrogen) atoms. The Morgan fingerprint density at radius 1 is 1.24 bits per heavy atom. The van der Waals surface area contributed by atoms with Crippen LogP contribution in [0.1, 0.15) is 22.7 Å². The molecule has 1 unspecified atom stereocenters. The number of nitrogens with one attached hydrogen (secondary N) is 1. The fourth-order valence-corrected chi connectivity index (χ4v) is 3.41. The average Bonchev–Trinajstić information content (AvgIpc) is 2.97. The third kappa shape index (κ3) is 2.64. The van der Waals surface area contributed by atoms with Gasteiger partial charge in [0.05, 0.1) is 23.4 Å². The predicted molar refractivity (Wildman–Crippen MR) is 88.3 cm³/mol. The molecule has 0 aliphatic carbocycles. The minimum Gasteiger partial charge on any atom is -0.497 e. The molecule has 0 radical (unpaired) electrons. The van der Waals surface area contributed by atoms with E-state index in [9.17, 15) is 0 Å². The normalized spacial score (nSPS) is 12.5. The summed E-state index contributed by atoms with van der Waals surface area (Å²) in [4.78, 5) is 4.54. The van der Waals surface area contributed by atoms with Gasteiger partial charge in [0, 0.05) is 6.20 Å². The number of rotatable bonds is 4. The summed E-state index contributed by atoms with van der Waals surface area (Å²) in [5.41, 5.74) is 4.70. The zero-order valence-electron chi connectivity index (χ0n) is 12.4. The number of methoxy groups -OCH3 is 1. The van der Waals surface area contributed by atoms with Gasteiger partial charge in [-0.2, -0.15) is 0 Å². The number of nitrogens with zero attached hydrogens (tertiary/aromatic N) is 1. The molecule has 1 atom stereocenters. The highest BCUT2D eigenvalue weighted by Gasteiger charge is 2.16. The molecule has 0 fully saturated rings. The van der Waals surface area contributed by atoms with Crippen molar-refractivity contribution >= 4 is 21.6 Å². The Morgan fingerprint density at radius 3 is 2.81 bits per heavy atom. The molecule has 3 nitrogen and oxygen atoms in total. The summed E-state index contributed by atoms with van der Waals surface area (Å²) in [6, 6.07) is 10.6. The van der Waals surface area contributed by atoms with Gasteiger partial charge >= 0.3 is 0 Å². The molecule has 1 N–H and O–H groups in total. The topological polar surface area (TPSA) is 34.2 Å². The van der Waals surface area contributed by atoms with E-state index < -0.39 is 0 Å². The summed E-state index contributed by atoms with van der Waals surface area (Å²) < 4.78 is 6.51. The highest BCUT2D eigenvalue weighted by Crippen LogP contribution is 2.29. The van der Waals surface area contributed by atoms with Crippen molar-refractivity contribution in [3.8, 4) is 5.75 Å². The van der Waals surface area contributed by atoms with Gasteiger partial charge in [-0.05, 0) is 60.3 Å².